The summed E-state index contributed by atoms with van der Waals surface area (Å²) in [6.45, 7) is 2.00. The normalized spacial score (nSPS) is 10.6. The number of nitrogen functional groups attached to an aromatic ring is 1. The van der Waals surface area contributed by atoms with Crippen molar-refractivity contribution in [1.29, 1.82) is 0 Å². The summed E-state index contributed by atoms with van der Waals surface area (Å²) in [6.07, 6.45) is 1.55. The second kappa shape index (κ2) is 5.66. The summed E-state index contributed by atoms with van der Waals surface area (Å²) >= 11 is 5.96. The molecule has 110 valence electrons. The summed E-state index contributed by atoms with van der Waals surface area (Å²) < 4.78 is 1.69. The second-order valence-electron chi connectivity index (χ2n) is 5.02. The van der Waals surface area contributed by atoms with Gasteiger partial charge in [-0.1, -0.05) is 41.4 Å². The van der Waals surface area contributed by atoms with Gasteiger partial charge in [-0.3, -0.25) is 9.36 Å². The summed E-state index contributed by atoms with van der Waals surface area (Å²) in [5, 5.41) is 0.505. The van der Waals surface area contributed by atoms with E-state index in [1.54, 1.807) is 35.2 Å². The van der Waals surface area contributed by atoms with E-state index >= 15 is 0 Å². The van der Waals surface area contributed by atoms with Gasteiger partial charge >= 0.3 is 0 Å². The molecule has 0 amide bonds. The second-order valence-corrected chi connectivity index (χ2v) is 5.46. The van der Waals surface area contributed by atoms with Crippen LogP contribution in [0, 0.1) is 6.92 Å². The summed E-state index contributed by atoms with van der Waals surface area (Å²) in [4.78, 5) is 16.8. The van der Waals surface area contributed by atoms with Gasteiger partial charge in [0.15, 0.2) is 5.82 Å². The van der Waals surface area contributed by atoms with Crippen molar-refractivity contribution < 1.29 is 4.79 Å². The number of imidazole rings is 1. The Hall–Kier alpha value is -2.59. The van der Waals surface area contributed by atoms with Gasteiger partial charge in [-0.15, -0.1) is 0 Å². The number of nitrogens with zero attached hydrogens (tertiary/aromatic N) is 2. The maximum atomic E-state index is 12.7. The third-order valence-electron chi connectivity index (χ3n) is 3.41. The summed E-state index contributed by atoms with van der Waals surface area (Å²) in [5.74, 6) is -0.0105. The molecule has 5 heteroatoms. The Balaban J connectivity index is 2.09. The molecular weight excluding hydrogens is 298 g/mol. The fraction of sp³-hybridized carbons (Fsp3) is 0.0588. The van der Waals surface area contributed by atoms with Crippen LogP contribution in [0.1, 0.15) is 21.6 Å². The van der Waals surface area contributed by atoms with E-state index in [1.165, 1.54) is 0 Å². The summed E-state index contributed by atoms with van der Waals surface area (Å²) in [5.41, 5.74) is 8.69. The average molecular weight is 312 g/mol. The van der Waals surface area contributed by atoms with Crippen LogP contribution < -0.4 is 5.73 Å². The Labute approximate surface area is 133 Å². The lowest BCUT2D eigenvalue weighted by molar-refractivity contribution is 0.103. The van der Waals surface area contributed by atoms with Crippen LogP contribution in [0.3, 0.4) is 0 Å². The predicted molar refractivity (Wildman–Crippen MR) is 87.6 cm³/mol. The fourth-order valence-electron chi connectivity index (χ4n) is 2.26. The molecule has 0 radical (unpaired) electrons. The molecule has 22 heavy (non-hydrogen) atoms. The maximum absolute atomic E-state index is 12.7. The number of rotatable bonds is 3. The number of aromatic nitrogens is 2. The van der Waals surface area contributed by atoms with Gasteiger partial charge in [-0.2, -0.15) is 0 Å². The number of ketones is 1. The van der Waals surface area contributed by atoms with E-state index in [1.807, 2.05) is 31.2 Å². The SMILES string of the molecule is Cc1ccc(-n2cnc(N)c2C(=O)c2cccc(Cl)c2)cc1. The Morgan fingerprint density at radius 1 is 1.18 bits per heavy atom. The Bertz CT molecular complexity index is 837. The number of anilines is 1. The van der Waals surface area contributed by atoms with E-state index < -0.39 is 0 Å². The fourth-order valence-corrected chi connectivity index (χ4v) is 2.45. The number of benzene rings is 2. The quantitative estimate of drug-likeness (QED) is 0.751. The molecule has 0 spiro atoms. The standard InChI is InChI=1S/C17H14ClN3O/c1-11-5-7-14(8-6-11)21-10-20-17(19)15(21)16(22)12-3-2-4-13(18)9-12/h2-10H,19H2,1H3. The molecule has 2 aromatic carbocycles. The first-order valence-corrected chi connectivity index (χ1v) is 7.14. The first-order valence-electron chi connectivity index (χ1n) is 6.76. The van der Waals surface area contributed by atoms with Crippen molar-refractivity contribution in [2.45, 2.75) is 6.92 Å². The third kappa shape index (κ3) is 2.61. The Morgan fingerprint density at radius 3 is 2.59 bits per heavy atom. The van der Waals surface area contributed by atoms with Crippen LogP contribution >= 0.6 is 11.6 Å². The number of carbonyl (C=O) groups is 1. The minimum atomic E-state index is -0.210. The van der Waals surface area contributed by atoms with Crippen molar-refractivity contribution in [2.75, 3.05) is 5.73 Å². The molecule has 0 aliphatic carbocycles. The number of nitrogens with two attached hydrogens (primary N) is 1. The van der Waals surface area contributed by atoms with Crippen LogP contribution in [0.15, 0.2) is 54.9 Å². The van der Waals surface area contributed by atoms with Gasteiger partial charge < -0.3 is 5.73 Å². The van der Waals surface area contributed by atoms with Crippen molar-refractivity contribution in [3.8, 4) is 5.69 Å². The van der Waals surface area contributed by atoms with Gasteiger partial charge in [0.2, 0.25) is 5.78 Å². The lowest BCUT2D eigenvalue weighted by atomic mass is 10.1. The van der Waals surface area contributed by atoms with Gasteiger partial charge in [-0.25, -0.2) is 4.98 Å². The molecule has 3 rings (SSSR count). The van der Waals surface area contributed by atoms with Crippen molar-refractivity contribution in [3.63, 3.8) is 0 Å². The minimum absolute atomic E-state index is 0.200. The number of hydrogen-bond donors (Lipinski definition) is 1. The highest BCUT2D eigenvalue weighted by Crippen LogP contribution is 2.22. The molecule has 0 saturated heterocycles. The number of halogens is 1. The van der Waals surface area contributed by atoms with Gasteiger partial charge in [0.05, 0.1) is 0 Å². The van der Waals surface area contributed by atoms with Gasteiger partial charge in [0, 0.05) is 16.3 Å². The van der Waals surface area contributed by atoms with Crippen LogP contribution in [-0.4, -0.2) is 15.3 Å². The first kappa shape index (κ1) is 14.4. The molecule has 0 bridgehead atoms. The Morgan fingerprint density at radius 2 is 1.91 bits per heavy atom. The highest BCUT2D eigenvalue weighted by molar-refractivity contribution is 6.31. The predicted octanol–water partition coefficient (Wildman–Crippen LogP) is 3.65. The number of hydrogen-bond acceptors (Lipinski definition) is 3. The minimum Gasteiger partial charge on any atom is -0.382 e. The van der Waals surface area contributed by atoms with Crippen molar-refractivity contribution in [1.82, 2.24) is 9.55 Å². The van der Waals surface area contributed by atoms with E-state index in [0.717, 1.165) is 11.3 Å². The lowest BCUT2D eigenvalue weighted by Crippen LogP contribution is -2.11. The molecule has 1 heterocycles. The monoisotopic (exact) mass is 311 g/mol. The van der Waals surface area contributed by atoms with E-state index in [2.05, 4.69) is 4.98 Å². The molecule has 0 atom stereocenters. The largest absolute Gasteiger partial charge is 0.382 e. The molecule has 0 aliphatic rings. The van der Waals surface area contributed by atoms with Crippen LogP contribution in [-0.2, 0) is 0 Å². The molecule has 3 aromatic rings. The van der Waals surface area contributed by atoms with Crippen LogP contribution in [0.25, 0.3) is 5.69 Å². The molecule has 1 aromatic heterocycles. The van der Waals surface area contributed by atoms with Gasteiger partial charge in [-0.05, 0) is 31.2 Å². The van der Waals surface area contributed by atoms with Crippen LogP contribution in [0.4, 0.5) is 5.82 Å². The van der Waals surface area contributed by atoms with Gasteiger partial charge in [0.1, 0.15) is 12.0 Å². The van der Waals surface area contributed by atoms with Crippen molar-refractivity contribution in [2.24, 2.45) is 0 Å². The van der Waals surface area contributed by atoms with Gasteiger partial charge in [0.25, 0.3) is 0 Å². The zero-order valence-electron chi connectivity index (χ0n) is 12.0. The zero-order valence-corrected chi connectivity index (χ0v) is 12.7. The highest BCUT2D eigenvalue weighted by atomic mass is 35.5. The van der Waals surface area contributed by atoms with E-state index in [-0.39, 0.29) is 11.6 Å². The van der Waals surface area contributed by atoms with Crippen LogP contribution in [0.5, 0.6) is 0 Å². The molecule has 0 unspecified atom stereocenters. The number of carbonyl (C=O) groups excluding carboxylic acids is 1. The summed E-state index contributed by atoms with van der Waals surface area (Å²) in [7, 11) is 0. The molecule has 2 N–H and O–H groups in total. The maximum Gasteiger partial charge on any atom is 0.213 e. The first-order chi connectivity index (χ1) is 10.6. The van der Waals surface area contributed by atoms with Crippen LogP contribution in [0.2, 0.25) is 5.02 Å². The molecule has 0 saturated carbocycles. The smallest absolute Gasteiger partial charge is 0.213 e. The van der Waals surface area contributed by atoms with Crippen molar-refractivity contribution in [3.05, 3.63) is 76.7 Å². The zero-order chi connectivity index (χ0) is 15.7. The highest BCUT2D eigenvalue weighted by Gasteiger charge is 2.19. The summed E-state index contributed by atoms with van der Waals surface area (Å²) in [6, 6.07) is 14.6. The molecule has 0 aliphatic heterocycles. The molecule has 4 nitrogen and oxygen atoms in total. The van der Waals surface area contributed by atoms with Crippen molar-refractivity contribution >= 4 is 23.2 Å². The number of aryl methyl sites for hydroxylation is 1. The average Bonchev–Trinajstić information content (AvgIpc) is 2.89. The third-order valence-corrected chi connectivity index (χ3v) is 3.64. The molecule has 0 fully saturated rings. The topological polar surface area (TPSA) is 60.9 Å². The Kier molecular flexibility index (Phi) is 3.69. The van der Waals surface area contributed by atoms with E-state index in [9.17, 15) is 4.79 Å². The van der Waals surface area contributed by atoms with E-state index in [0.29, 0.717) is 16.3 Å². The molecular formula is C17H14ClN3O. The lowest BCUT2D eigenvalue weighted by Gasteiger charge is -2.09. The van der Waals surface area contributed by atoms with E-state index in [4.69, 9.17) is 17.3 Å².